The Morgan fingerprint density at radius 3 is 2.62 bits per heavy atom. The third kappa shape index (κ3) is 2.58. The van der Waals surface area contributed by atoms with E-state index in [2.05, 4.69) is 78.7 Å². The van der Waals surface area contributed by atoms with Gasteiger partial charge in [-0.3, -0.25) is 0 Å². The van der Waals surface area contributed by atoms with Crippen LogP contribution in [0.25, 0.3) is 0 Å². The summed E-state index contributed by atoms with van der Waals surface area (Å²) in [5.41, 5.74) is 1.94. The molecule has 1 aromatic carbocycles. The van der Waals surface area contributed by atoms with Gasteiger partial charge in [-0.05, 0) is 12.0 Å². The van der Waals surface area contributed by atoms with Crippen LogP contribution in [0.2, 0.25) is 0 Å². The van der Waals surface area contributed by atoms with E-state index in [1.807, 2.05) is 12.3 Å². The highest BCUT2D eigenvalue weighted by Crippen LogP contribution is 2.39. The van der Waals surface area contributed by atoms with Gasteiger partial charge in [-0.1, -0.05) is 54.6 Å². The number of aromatic amines is 2. The first-order valence-electron chi connectivity index (χ1n) is 7.73. The Hall–Kier alpha value is -3.28. The molecule has 2 aromatic heterocycles. The first kappa shape index (κ1) is 14.3. The highest BCUT2D eigenvalue weighted by molar-refractivity contribution is 5.45. The average molecular weight is 316 g/mol. The van der Waals surface area contributed by atoms with Gasteiger partial charge in [0.15, 0.2) is 0 Å². The number of hydrogen-bond acceptors (Lipinski definition) is 4. The second-order valence-electron chi connectivity index (χ2n) is 5.56. The summed E-state index contributed by atoms with van der Waals surface area (Å²) < 4.78 is 0. The van der Waals surface area contributed by atoms with Crippen LogP contribution in [0.4, 0.5) is 11.9 Å². The highest BCUT2D eigenvalue weighted by Gasteiger charge is 2.33. The molecule has 6 heteroatoms. The second kappa shape index (κ2) is 6.08. The van der Waals surface area contributed by atoms with E-state index in [0.29, 0.717) is 11.9 Å². The van der Waals surface area contributed by atoms with Crippen molar-refractivity contribution in [1.29, 1.82) is 0 Å². The number of benzene rings is 1. The minimum absolute atomic E-state index is 0.262. The predicted molar refractivity (Wildman–Crippen MR) is 91.5 cm³/mol. The zero-order chi connectivity index (χ0) is 16.2. The normalized spacial score (nSPS) is 20.0. The molecule has 1 atom stereocenters. The van der Waals surface area contributed by atoms with Gasteiger partial charge in [0.05, 0.1) is 17.3 Å². The highest BCUT2D eigenvalue weighted by atomic mass is 15.3. The fourth-order valence-corrected chi connectivity index (χ4v) is 2.92. The van der Waals surface area contributed by atoms with Gasteiger partial charge in [-0.2, -0.15) is 0 Å². The molecule has 0 saturated heterocycles. The average Bonchev–Trinajstić information content (AvgIpc) is 3.33. The van der Waals surface area contributed by atoms with Crippen LogP contribution in [0, 0.1) is 0 Å². The fourth-order valence-electron chi connectivity index (χ4n) is 2.92. The summed E-state index contributed by atoms with van der Waals surface area (Å²) in [5, 5.41) is 8.13. The van der Waals surface area contributed by atoms with Crippen LogP contribution in [0.5, 0.6) is 0 Å². The first-order valence-corrected chi connectivity index (χ1v) is 7.73. The molecule has 0 saturated carbocycles. The van der Waals surface area contributed by atoms with Crippen LogP contribution in [0.3, 0.4) is 0 Å². The van der Waals surface area contributed by atoms with Crippen LogP contribution < -0.4 is 0 Å². The number of imidazole rings is 2. The van der Waals surface area contributed by atoms with Gasteiger partial charge < -0.3 is 9.97 Å². The van der Waals surface area contributed by atoms with E-state index in [4.69, 9.17) is 0 Å². The molecule has 1 unspecified atom stereocenters. The smallest absolute Gasteiger partial charge is 0.247 e. The Kier molecular flexibility index (Phi) is 3.63. The van der Waals surface area contributed by atoms with Crippen molar-refractivity contribution >= 4 is 11.9 Å². The van der Waals surface area contributed by atoms with E-state index in [0.717, 1.165) is 12.1 Å². The molecule has 6 nitrogen and oxygen atoms in total. The monoisotopic (exact) mass is 316 g/mol. The molecule has 0 aliphatic heterocycles. The number of hydrogen-bond donors (Lipinski definition) is 2. The number of azo groups is 1. The third-order valence-electron chi connectivity index (χ3n) is 4.12. The van der Waals surface area contributed by atoms with Crippen LogP contribution >= 0.6 is 0 Å². The van der Waals surface area contributed by atoms with Crippen LogP contribution in [0.1, 0.15) is 17.7 Å². The lowest BCUT2D eigenvalue weighted by Crippen LogP contribution is -2.26. The summed E-state index contributed by atoms with van der Waals surface area (Å²) >= 11 is 0. The van der Waals surface area contributed by atoms with Crippen molar-refractivity contribution in [3.63, 3.8) is 0 Å². The van der Waals surface area contributed by atoms with E-state index in [9.17, 15) is 0 Å². The van der Waals surface area contributed by atoms with Gasteiger partial charge in [0, 0.05) is 12.4 Å². The molecule has 2 heterocycles. The maximum atomic E-state index is 4.35. The van der Waals surface area contributed by atoms with Crippen molar-refractivity contribution in [2.75, 3.05) is 0 Å². The van der Waals surface area contributed by atoms with E-state index in [1.165, 1.54) is 5.56 Å². The molecule has 0 spiro atoms. The molecule has 0 radical (unpaired) electrons. The van der Waals surface area contributed by atoms with Gasteiger partial charge in [0.1, 0.15) is 0 Å². The number of nitrogens with one attached hydrogen (secondary N) is 2. The standard InChI is InChI=1S/C18H16N6/c1-3-7-14(8-4-1)18(9-5-2-6-10-18)15-13-21-17(22-15)24-23-16-19-11-12-20-16/h1-9,11-13H,10H2,(H,19,20)(H,21,22). The molecule has 2 N–H and O–H groups in total. The lowest BCUT2D eigenvalue weighted by Gasteiger charge is -2.30. The van der Waals surface area contributed by atoms with Crippen molar-refractivity contribution < 1.29 is 0 Å². The zero-order valence-electron chi connectivity index (χ0n) is 12.9. The SMILES string of the molecule is C1=CCC(c2ccccc2)(c2cnc(N=Nc3ncc[nH]3)[nH]2)C=C1. The van der Waals surface area contributed by atoms with E-state index in [-0.39, 0.29) is 5.41 Å². The summed E-state index contributed by atoms with van der Waals surface area (Å²) in [6, 6.07) is 10.4. The Morgan fingerprint density at radius 1 is 1.00 bits per heavy atom. The summed E-state index contributed by atoms with van der Waals surface area (Å²) in [6.07, 6.45) is 14.5. The molecule has 3 aromatic rings. The Morgan fingerprint density at radius 2 is 1.88 bits per heavy atom. The minimum atomic E-state index is -0.262. The van der Waals surface area contributed by atoms with Crippen LogP contribution in [-0.4, -0.2) is 19.9 Å². The molecule has 0 amide bonds. The maximum Gasteiger partial charge on any atom is 0.247 e. The lowest BCUT2D eigenvalue weighted by molar-refractivity contribution is 0.629. The molecule has 0 fully saturated rings. The van der Waals surface area contributed by atoms with Gasteiger partial charge in [-0.25, -0.2) is 9.97 Å². The van der Waals surface area contributed by atoms with Gasteiger partial charge in [0.2, 0.25) is 11.9 Å². The van der Waals surface area contributed by atoms with Crippen LogP contribution in [-0.2, 0) is 5.41 Å². The molecular formula is C18H16N6. The molecule has 24 heavy (non-hydrogen) atoms. The van der Waals surface area contributed by atoms with Gasteiger partial charge in [0.25, 0.3) is 0 Å². The van der Waals surface area contributed by atoms with E-state index in [1.54, 1.807) is 12.4 Å². The molecule has 1 aliphatic rings. The van der Waals surface area contributed by atoms with Gasteiger partial charge >= 0.3 is 0 Å². The van der Waals surface area contributed by atoms with Crippen molar-refractivity contribution in [2.45, 2.75) is 11.8 Å². The molecule has 0 bridgehead atoms. The number of aromatic nitrogens is 4. The quantitative estimate of drug-likeness (QED) is 0.701. The van der Waals surface area contributed by atoms with Gasteiger partial charge in [-0.15, -0.1) is 10.2 Å². The first-order chi connectivity index (χ1) is 11.9. The zero-order valence-corrected chi connectivity index (χ0v) is 12.9. The van der Waals surface area contributed by atoms with Crippen molar-refractivity contribution in [3.8, 4) is 0 Å². The number of rotatable bonds is 4. The van der Waals surface area contributed by atoms with Crippen molar-refractivity contribution in [1.82, 2.24) is 19.9 Å². The predicted octanol–water partition coefficient (Wildman–Crippen LogP) is 4.35. The Bertz CT molecular complexity index is 889. The van der Waals surface area contributed by atoms with E-state index >= 15 is 0 Å². The molecular weight excluding hydrogens is 300 g/mol. The summed E-state index contributed by atoms with van der Waals surface area (Å²) in [4.78, 5) is 14.5. The molecule has 1 aliphatic carbocycles. The number of H-pyrrole nitrogens is 2. The Balaban J connectivity index is 1.70. The molecule has 4 rings (SSSR count). The number of allylic oxidation sites excluding steroid dienone is 4. The topological polar surface area (TPSA) is 82.1 Å². The summed E-state index contributed by atoms with van der Waals surface area (Å²) in [6.45, 7) is 0. The maximum absolute atomic E-state index is 4.35. The second-order valence-corrected chi connectivity index (χ2v) is 5.56. The van der Waals surface area contributed by atoms with Crippen LogP contribution in [0.15, 0.2) is 83.5 Å². The summed E-state index contributed by atoms with van der Waals surface area (Å²) in [5.74, 6) is 0.908. The van der Waals surface area contributed by atoms with Crippen molar-refractivity contribution in [2.24, 2.45) is 10.2 Å². The molecule has 118 valence electrons. The number of nitrogens with zero attached hydrogens (tertiary/aromatic N) is 4. The van der Waals surface area contributed by atoms with Crippen molar-refractivity contribution in [3.05, 3.63) is 84.5 Å². The van der Waals surface area contributed by atoms with E-state index < -0.39 is 0 Å². The Labute approximate surface area is 139 Å². The summed E-state index contributed by atoms with van der Waals surface area (Å²) in [7, 11) is 0. The minimum Gasteiger partial charge on any atom is -0.328 e. The largest absolute Gasteiger partial charge is 0.328 e. The lowest BCUT2D eigenvalue weighted by atomic mass is 9.73. The fraction of sp³-hybridized carbons (Fsp3) is 0.111. The third-order valence-corrected chi connectivity index (χ3v) is 4.12.